The van der Waals surface area contributed by atoms with Crippen LogP contribution in [0.1, 0.15) is 23.4 Å². The fourth-order valence-electron chi connectivity index (χ4n) is 1.39. The van der Waals surface area contributed by atoms with Crippen molar-refractivity contribution in [2.75, 3.05) is 14.2 Å². The Balaban J connectivity index is 3.35. The normalized spacial score (nSPS) is 10.0. The standard InChI is InChI=1S/C11H10F2N2O3/c1-17-8-3-6(5-14)15-7(4-9(16)18-2)10(8)11(12)13/h3,11H,4H2,1-2H3. The first-order valence-corrected chi connectivity index (χ1v) is 4.86. The Labute approximate surface area is 102 Å². The van der Waals surface area contributed by atoms with Crippen molar-refractivity contribution in [1.82, 2.24) is 4.98 Å². The van der Waals surface area contributed by atoms with Gasteiger partial charge in [0, 0.05) is 6.07 Å². The zero-order valence-electron chi connectivity index (χ0n) is 9.74. The molecule has 0 spiro atoms. The van der Waals surface area contributed by atoms with Crippen LogP contribution in [-0.4, -0.2) is 25.2 Å². The quantitative estimate of drug-likeness (QED) is 0.765. The molecule has 96 valence electrons. The van der Waals surface area contributed by atoms with Crippen LogP contribution in [-0.2, 0) is 16.0 Å². The average molecular weight is 256 g/mol. The number of carbonyl (C=O) groups is 1. The number of methoxy groups -OCH3 is 2. The number of halogens is 2. The number of carbonyl (C=O) groups excluding carboxylic acids is 1. The van der Waals surface area contributed by atoms with Gasteiger partial charge in [-0.1, -0.05) is 0 Å². The molecule has 1 aromatic heterocycles. The number of nitrogens with zero attached hydrogens (tertiary/aromatic N) is 2. The maximum Gasteiger partial charge on any atom is 0.311 e. The Morgan fingerprint density at radius 1 is 1.56 bits per heavy atom. The Morgan fingerprint density at radius 2 is 2.22 bits per heavy atom. The zero-order valence-corrected chi connectivity index (χ0v) is 9.74. The molecule has 1 aromatic rings. The third-order valence-electron chi connectivity index (χ3n) is 2.19. The molecular formula is C11H10F2N2O3. The second-order valence-electron chi connectivity index (χ2n) is 3.24. The van der Waals surface area contributed by atoms with E-state index in [2.05, 4.69) is 9.72 Å². The summed E-state index contributed by atoms with van der Waals surface area (Å²) in [6.45, 7) is 0. The van der Waals surface area contributed by atoms with E-state index in [-0.39, 0.29) is 17.1 Å². The first-order chi connectivity index (χ1) is 8.53. The minimum Gasteiger partial charge on any atom is -0.496 e. The lowest BCUT2D eigenvalue weighted by Gasteiger charge is -2.12. The zero-order chi connectivity index (χ0) is 13.7. The van der Waals surface area contributed by atoms with Crippen LogP contribution in [0.2, 0.25) is 0 Å². The molecule has 1 rings (SSSR count). The molecule has 0 saturated carbocycles. The highest BCUT2D eigenvalue weighted by molar-refractivity contribution is 5.72. The van der Waals surface area contributed by atoms with Crippen LogP contribution in [0, 0.1) is 11.3 Å². The molecule has 0 aromatic carbocycles. The monoisotopic (exact) mass is 256 g/mol. The molecule has 0 N–H and O–H groups in total. The maximum atomic E-state index is 12.9. The molecule has 0 aliphatic rings. The van der Waals surface area contributed by atoms with Crippen molar-refractivity contribution in [2.45, 2.75) is 12.8 Å². The summed E-state index contributed by atoms with van der Waals surface area (Å²) < 4.78 is 35.0. The highest BCUT2D eigenvalue weighted by atomic mass is 19.3. The predicted octanol–water partition coefficient (Wildman–Crippen LogP) is 1.61. The van der Waals surface area contributed by atoms with Crippen LogP contribution in [0.4, 0.5) is 8.78 Å². The summed E-state index contributed by atoms with van der Waals surface area (Å²) >= 11 is 0. The van der Waals surface area contributed by atoms with Gasteiger partial charge in [0.25, 0.3) is 6.43 Å². The van der Waals surface area contributed by atoms with Crippen LogP contribution >= 0.6 is 0 Å². The molecule has 0 bridgehead atoms. The second-order valence-corrected chi connectivity index (χ2v) is 3.24. The van der Waals surface area contributed by atoms with Crippen molar-refractivity contribution in [3.63, 3.8) is 0 Å². The average Bonchev–Trinajstić information content (AvgIpc) is 2.36. The lowest BCUT2D eigenvalue weighted by atomic mass is 10.1. The van der Waals surface area contributed by atoms with E-state index in [1.54, 1.807) is 6.07 Å². The predicted molar refractivity (Wildman–Crippen MR) is 56.2 cm³/mol. The molecule has 0 fully saturated rings. The summed E-state index contributed by atoms with van der Waals surface area (Å²) in [6.07, 6.45) is -3.30. The van der Waals surface area contributed by atoms with Gasteiger partial charge in [0.1, 0.15) is 17.5 Å². The van der Waals surface area contributed by atoms with Crippen molar-refractivity contribution >= 4 is 5.97 Å². The maximum absolute atomic E-state index is 12.9. The van der Waals surface area contributed by atoms with Crippen molar-refractivity contribution in [1.29, 1.82) is 5.26 Å². The molecule has 1 heterocycles. The van der Waals surface area contributed by atoms with E-state index >= 15 is 0 Å². The van der Waals surface area contributed by atoms with Gasteiger partial charge < -0.3 is 9.47 Å². The fourth-order valence-corrected chi connectivity index (χ4v) is 1.39. The lowest BCUT2D eigenvalue weighted by molar-refractivity contribution is -0.139. The molecular weight excluding hydrogens is 246 g/mol. The van der Waals surface area contributed by atoms with E-state index in [1.807, 2.05) is 0 Å². The molecule has 18 heavy (non-hydrogen) atoms. The molecule has 0 aliphatic heterocycles. The first kappa shape index (κ1) is 13.8. The minimum absolute atomic E-state index is 0.102. The summed E-state index contributed by atoms with van der Waals surface area (Å²) in [5.41, 5.74) is -0.815. The van der Waals surface area contributed by atoms with Gasteiger partial charge in [0.15, 0.2) is 0 Å². The number of ether oxygens (including phenoxy) is 2. The minimum atomic E-state index is -2.86. The van der Waals surface area contributed by atoms with Crippen molar-refractivity contribution < 1.29 is 23.0 Å². The summed E-state index contributed by atoms with van der Waals surface area (Å²) in [4.78, 5) is 14.8. The van der Waals surface area contributed by atoms with Gasteiger partial charge in [-0.05, 0) is 0 Å². The van der Waals surface area contributed by atoms with E-state index in [1.165, 1.54) is 7.11 Å². The molecule has 0 amide bonds. The highest BCUT2D eigenvalue weighted by Gasteiger charge is 2.23. The molecule has 7 heteroatoms. The number of nitriles is 1. The van der Waals surface area contributed by atoms with Gasteiger partial charge in [-0.2, -0.15) is 5.26 Å². The summed E-state index contributed by atoms with van der Waals surface area (Å²) in [6, 6.07) is 2.81. The fraction of sp³-hybridized carbons (Fsp3) is 0.364. The number of hydrogen-bond donors (Lipinski definition) is 0. The lowest BCUT2D eigenvalue weighted by Crippen LogP contribution is -2.11. The van der Waals surface area contributed by atoms with E-state index in [9.17, 15) is 13.6 Å². The van der Waals surface area contributed by atoms with Gasteiger partial charge in [-0.25, -0.2) is 13.8 Å². The Hall–Kier alpha value is -2.23. The smallest absolute Gasteiger partial charge is 0.311 e. The van der Waals surface area contributed by atoms with Crippen molar-refractivity contribution in [3.8, 4) is 11.8 Å². The number of aromatic nitrogens is 1. The largest absolute Gasteiger partial charge is 0.496 e. The van der Waals surface area contributed by atoms with Crippen LogP contribution in [0.15, 0.2) is 6.07 Å². The molecule has 0 aliphatic carbocycles. The summed E-state index contributed by atoms with van der Waals surface area (Å²) in [5.74, 6) is -0.892. The Bertz CT molecular complexity index is 498. The molecule has 5 nitrogen and oxygen atoms in total. The van der Waals surface area contributed by atoms with Gasteiger partial charge in [-0.15, -0.1) is 0 Å². The number of esters is 1. The second kappa shape index (κ2) is 5.91. The van der Waals surface area contributed by atoms with Gasteiger partial charge >= 0.3 is 5.97 Å². The van der Waals surface area contributed by atoms with Crippen LogP contribution < -0.4 is 4.74 Å². The van der Waals surface area contributed by atoms with E-state index < -0.39 is 24.4 Å². The topological polar surface area (TPSA) is 72.2 Å². The molecule has 0 radical (unpaired) electrons. The number of pyridine rings is 1. The van der Waals surface area contributed by atoms with Gasteiger partial charge in [0.05, 0.1) is 31.9 Å². The SMILES string of the molecule is COC(=O)Cc1nc(C#N)cc(OC)c1C(F)F. The number of alkyl halides is 2. The van der Waals surface area contributed by atoms with Gasteiger partial charge in [-0.3, -0.25) is 4.79 Å². The summed E-state index contributed by atoms with van der Waals surface area (Å²) in [7, 11) is 2.33. The molecule has 0 saturated heterocycles. The van der Waals surface area contributed by atoms with E-state index in [0.717, 1.165) is 13.2 Å². The van der Waals surface area contributed by atoms with Crippen molar-refractivity contribution in [2.24, 2.45) is 0 Å². The van der Waals surface area contributed by atoms with Crippen molar-refractivity contribution in [3.05, 3.63) is 23.0 Å². The Kier molecular flexibility index (Phi) is 4.54. The number of hydrogen-bond acceptors (Lipinski definition) is 5. The molecule has 0 unspecified atom stereocenters. The van der Waals surface area contributed by atoms with Crippen LogP contribution in [0.25, 0.3) is 0 Å². The van der Waals surface area contributed by atoms with Gasteiger partial charge in [0.2, 0.25) is 0 Å². The number of rotatable bonds is 4. The third kappa shape index (κ3) is 2.91. The van der Waals surface area contributed by atoms with E-state index in [4.69, 9.17) is 10.00 Å². The summed E-state index contributed by atoms with van der Waals surface area (Å²) in [5, 5.41) is 8.73. The van der Waals surface area contributed by atoms with Crippen LogP contribution in [0.5, 0.6) is 5.75 Å². The van der Waals surface area contributed by atoms with Crippen LogP contribution in [0.3, 0.4) is 0 Å². The molecule has 0 atom stereocenters. The Morgan fingerprint density at radius 3 is 2.67 bits per heavy atom. The third-order valence-corrected chi connectivity index (χ3v) is 2.19. The highest BCUT2D eigenvalue weighted by Crippen LogP contribution is 2.32. The van der Waals surface area contributed by atoms with E-state index in [0.29, 0.717) is 0 Å². The first-order valence-electron chi connectivity index (χ1n) is 4.86.